The van der Waals surface area contributed by atoms with Crippen LogP contribution in [0.15, 0.2) is 48.5 Å². The summed E-state index contributed by atoms with van der Waals surface area (Å²) in [6.07, 6.45) is 1.96. The van der Waals surface area contributed by atoms with E-state index in [1.165, 1.54) is 11.1 Å². The molecule has 0 aliphatic heterocycles. The molecule has 4 N–H and O–H groups in total. The molecule has 3 aromatic rings. The highest BCUT2D eigenvalue weighted by atomic mass is 16.3. The molecule has 0 fully saturated rings. The highest BCUT2D eigenvalue weighted by Gasteiger charge is 2.18. The van der Waals surface area contributed by atoms with Crippen LogP contribution in [-0.4, -0.2) is 21.2 Å². The van der Waals surface area contributed by atoms with E-state index in [-0.39, 0.29) is 6.61 Å². The Morgan fingerprint density at radius 1 is 1.08 bits per heavy atom. The van der Waals surface area contributed by atoms with E-state index in [9.17, 15) is 9.90 Å². The fourth-order valence-corrected chi connectivity index (χ4v) is 3.08. The second-order valence-electron chi connectivity index (χ2n) is 6.53. The molecule has 0 unspecified atom stereocenters. The Bertz CT molecular complexity index is 898. The van der Waals surface area contributed by atoms with Crippen LogP contribution < -0.4 is 5.73 Å². The minimum atomic E-state index is -0.467. The van der Waals surface area contributed by atoms with Crippen molar-refractivity contribution >= 4 is 5.91 Å². The van der Waals surface area contributed by atoms with Crippen molar-refractivity contribution < 1.29 is 9.90 Å². The Morgan fingerprint density at radius 2 is 1.81 bits per heavy atom. The molecule has 0 saturated heterocycles. The molecule has 1 aromatic heterocycles. The van der Waals surface area contributed by atoms with Crippen LogP contribution in [0.1, 0.15) is 44.0 Å². The maximum atomic E-state index is 12.0. The minimum absolute atomic E-state index is 0.0126. The summed E-state index contributed by atoms with van der Waals surface area (Å²) in [6, 6.07) is 16.0. The number of nitrogens with one attached hydrogen (secondary N) is 1. The first kappa shape index (κ1) is 17.9. The third kappa shape index (κ3) is 4.18. The van der Waals surface area contributed by atoms with Gasteiger partial charge in [-0.2, -0.15) is 5.10 Å². The number of nitrogens with zero attached hydrogens (tertiary/aromatic N) is 1. The monoisotopic (exact) mass is 349 g/mol. The SMILES string of the molecule is Cc1ccc(CCc2n[nH]c(Cc3cccc(CO)c3)c2C(N)=O)cc1. The van der Waals surface area contributed by atoms with Crippen molar-refractivity contribution in [1.29, 1.82) is 0 Å². The predicted molar refractivity (Wildman–Crippen MR) is 101 cm³/mol. The Labute approximate surface area is 152 Å². The summed E-state index contributed by atoms with van der Waals surface area (Å²) in [4.78, 5) is 12.0. The predicted octanol–water partition coefficient (Wildman–Crippen LogP) is 2.69. The van der Waals surface area contributed by atoms with Gasteiger partial charge in [0.25, 0.3) is 5.91 Å². The third-order valence-electron chi connectivity index (χ3n) is 4.49. The first-order valence-electron chi connectivity index (χ1n) is 8.67. The molecule has 0 aliphatic rings. The molecule has 134 valence electrons. The fourth-order valence-electron chi connectivity index (χ4n) is 3.08. The largest absolute Gasteiger partial charge is 0.392 e. The van der Waals surface area contributed by atoms with Crippen LogP contribution in [0.3, 0.4) is 0 Å². The van der Waals surface area contributed by atoms with Crippen molar-refractivity contribution in [1.82, 2.24) is 10.2 Å². The lowest BCUT2D eigenvalue weighted by molar-refractivity contribution is 0.0998. The lowest BCUT2D eigenvalue weighted by Gasteiger charge is -2.05. The first-order chi connectivity index (χ1) is 12.6. The van der Waals surface area contributed by atoms with Crippen LogP contribution in [-0.2, 0) is 25.9 Å². The van der Waals surface area contributed by atoms with Crippen molar-refractivity contribution in [3.63, 3.8) is 0 Å². The molecule has 0 bridgehead atoms. The lowest BCUT2D eigenvalue weighted by atomic mass is 10.00. The van der Waals surface area contributed by atoms with Crippen LogP contribution >= 0.6 is 0 Å². The van der Waals surface area contributed by atoms with E-state index < -0.39 is 5.91 Å². The molecule has 0 aliphatic carbocycles. The number of hydrogen-bond acceptors (Lipinski definition) is 3. The number of aryl methyl sites for hydroxylation is 3. The highest BCUT2D eigenvalue weighted by molar-refractivity contribution is 5.95. The standard InChI is InChI=1S/C21H23N3O2/c1-14-5-7-15(8-6-14)9-10-18-20(21(22)26)19(24-23-18)12-16-3-2-4-17(11-16)13-25/h2-8,11,25H,9-10,12-13H2,1H3,(H2,22,26)(H,23,24). The fraction of sp³-hybridized carbons (Fsp3) is 0.238. The molecule has 0 atom stereocenters. The van der Waals surface area contributed by atoms with Crippen LogP contribution in [0, 0.1) is 6.92 Å². The van der Waals surface area contributed by atoms with E-state index in [2.05, 4.69) is 41.4 Å². The van der Waals surface area contributed by atoms with Crippen molar-refractivity contribution in [2.45, 2.75) is 32.8 Å². The number of aromatic amines is 1. The van der Waals surface area contributed by atoms with Crippen molar-refractivity contribution in [3.05, 3.63) is 87.7 Å². The summed E-state index contributed by atoms with van der Waals surface area (Å²) < 4.78 is 0. The maximum absolute atomic E-state index is 12.0. The molecule has 0 spiro atoms. The normalized spacial score (nSPS) is 10.8. The Hall–Kier alpha value is -2.92. The maximum Gasteiger partial charge on any atom is 0.252 e. The van der Waals surface area contributed by atoms with E-state index in [0.717, 1.165) is 17.5 Å². The molecule has 5 nitrogen and oxygen atoms in total. The highest BCUT2D eigenvalue weighted by Crippen LogP contribution is 2.18. The molecule has 5 heteroatoms. The minimum Gasteiger partial charge on any atom is -0.392 e. The van der Waals surface area contributed by atoms with Gasteiger partial charge in [-0.25, -0.2) is 0 Å². The number of benzene rings is 2. The van der Waals surface area contributed by atoms with Gasteiger partial charge in [-0.3, -0.25) is 9.89 Å². The smallest absolute Gasteiger partial charge is 0.252 e. The number of aromatic nitrogens is 2. The molecule has 3 rings (SSSR count). The summed E-state index contributed by atoms with van der Waals surface area (Å²) in [6.45, 7) is 2.04. The lowest BCUT2D eigenvalue weighted by Crippen LogP contribution is -2.15. The van der Waals surface area contributed by atoms with E-state index in [1.54, 1.807) is 0 Å². The van der Waals surface area contributed by atoms with Crippen LogP contribution in [0.2, 0.25) is 0 Å². The Morgan fingerprint density at radius 3 is 2.50 bits per heavy atom. The number of carbonyl (C=O) groups excluding carboxylic acids is 1. The van der Waals surface area contributed by atoms with Crippen LogP contribution in [0.5, 0.6) is 0 Å². The number of rotatable bonds is 7. The van der Waals surface area contributed by atoms with E-state index in [1.807, 2.05) is 24.3 Å². The van der Waals surface area contributed by atoms with Gasteiger partial charge >= 0.3 is 0 Å². The molecule has 2 aromatic carbocycles. The molecule has 0 saturated carbocycles. The number of aliphatic hydroxyl groups excluding tert-OH is 1. The number of carbonyl (C=O) groups is 1. The second kappa shape index (κ2) is 7.97. The van der Waals surface area contributed by atoms with Gasteiger partial charge in [-0.1, -0.05) is 54.1 Å². The van der Waals surface area contributed by atoms with Gasteiger partial charge in [0.2, 0.25) is 0 Å². The summed E-state index contributed by atoms with van der Waals surface area (Å²) in [5.74, 6) is -0.467. The second-order valence-corrected chi connectivity index (χ2v) is 6.53. The first-order valence-corrected chi connectivity index (χ1v) is 8.67. The van der Waals surface area contributed by atoms with Crippen LogP contribution in [0.4, 0.5) is 0 Å². The van der Waals surface area contributed by atoms with Crippen molar-refractivity contribution in [2.75, 3.05) is 0 Å². The number of primary amides is 1. The van der Waals surface area contributed by atoms with Gasteiger partial charge in [-0.05, 0) is 36.5 Å². The van der Waals surface area contributed by atoms with Gasteiger partial charge < -0.3 is 10.8 Å². The van der Waals surface area contributed by atoms with E-state index in [4.69, 9.17) is 5.73 Å². The summed E-state index contributed by atoms with van der Waals surface area (Å²) in [7, 11) is 0. The van der Waals surface area contributed by atoms with Gasteiger partial charge in [0.15, 0.2) is 0 Å². The summed E-state index contributed by atoms with van der Waals surface area (Å²) >= 11 is 0. The van der Waals surface area contributed by atoms with E-state index >= 15 is 0 Å². The molecule has 26 heavy (non-hydrogen) atoms. The number of amides is 1. The number of nitrogens with two attached hydrogens (primary N) is 1. The number of hydrogen-bond donors (Lipinski definition) is 3. The number of H-pyrrole nitrogens is 1. The molecular formula is C21H23N3O2. The van der Waals surface area contributed by atoms with Gasteiger partial charge in [0, 0.05) is 6.42 Å². The van der Waals surface area contributed by atoms with Gasteiger partial charge in [0.05, 0.1) is 23.6 Å². The Kier molecular flexibility index (Phi) is 5.49. The average Bonchev–Trinajstić information content (AvgIpc) is 3.04. The summed E-state index contributed by atoms with van der Waals surface area (Å²) in [5.41, 5.74) is 11.8. The van der Waals surface area contributed by atoms with Crippen molar-refractivity contribution in [2.24, 2.45) is 5.73 Å². The third-order valence-corrected chi connectivity index (χ3v) is 4.49. The summed E-state index contributed by atoms with van der Waals surface area (Å²) in [5, 5.41) is 16.6. The number of aliphatic hydroxyl groups is 1. The zero-order chi connectivity index (χ0) is 18.5. The topological polar surface area (TPSA) is 92.0 Å². The Balaban J connectivity index is 1.79. The molecule has 0 radical (unpaired) electrons. The van der Waals surface area contributed by atoms with Crippen molar-refractivity contribution in [3.8, 4) is 0 Å². The molecule has 1 heterocycles. The molecule has 1 amide bonds. The molecular weight excluding hydrogens is 326 g/mol. The zero-order valence-corrected chi connectivity index (χ0v) is 14.8. The zero-order valence-electron chi connectivity index (χ0n) is 14.8. The van der Waals surface area contributed by atoms with Gasteiger partial charge in [0.1, 0.15) is 0 Å². The average molecular weight is 349 g/mol. The van der Waals surface area contributed by atoms with Gasteiger partial charge in [-0.15, -0.1) is 0 Å². The van der Waals surface area contributed by atoms with E-state index in [0.29, 0.717) is 29.8 Å². The van der Waals surface area contributed by atoms with Crippen LogP contribution in [0.25, 0.3) is 0 Å². The quantitative estimate of drug-likeness (QED) is 0.612.